The lowest BCUT2D eigenvalue weighted by atomic mass is 9.96. The number of ether oxygens (including phenoxy) is 2. The third-order valence-electron chi connectivity index (χ3n) is 8.34. The molecule has 0 bridgehead atoms. The molecule has 0 aliphatic carbocycles. The smallest absolute Gasteiger partial charge is 0.410 e. The lowest BCUT2D eigenvalue weighted by Crippen LogP contribution is -2.49. The highest BCUT2D eigenvalue weighted by Crippen LogP contribution is 2.30. The van der Waals surface area contributed by atoms with Crippen LogP contribution >= 0.6 is 11.3 Å². The Morgan fingerprint density at radius 1 is 1.11 bits per heavy atom. The highest BCUT2D eigenvalue weighted by atomic mass is 32.1. The quantitative estimate of drug-likeness (QED) is 0.299. The molecule has 0 aromatic carbocycles. The average Bonchev–Trinajstić information content (AvgIpc) is 3.43. The fraction of sp³-hybridized carbons (Fsp3) is 0.559. The Bertz CT molecular complexity index is 1520. The second kappa shape index (κ2) is 15.8. The molecule has 13 heteroatoms. The first-order valence-corrected chi connectivity index (χ1v) is 17.3. The molecule has 0 radical (unpaired) electrons. The number of anilines is 1. The average molecular weight is 662 g/mol. The number of nitrogens with one attached hydrogen (secondary N) is 1. The monoisotopic (exact) mass is 661 g/mol. The number of rotatable bonds is 11. The number of hydrogen-bond donors (Lipinski definition) is 2. The van der Waals surface area contributed by atoms with Gasteiger partial charge in [0.1, 0.15) is 22.2 Å². The van der Waals surface area contributed by atoms with Crippen LogP contribution in [-0.2, 0) is 24.4 Å². The maximum Gasteiger partial charge on any atom is 0.410 e. The van der Waals surface area contributed by atoms with E-state index < -0.39 is 5.60 Å². The summed E-state index contributed by atoms with van der Waals surface area (Å²) in [6, 6.07) is 9.79. The number of amides is 1. The van der Waals surface area contributed by atoms with Crippen molar-refractivity contribution in [1.82, 2.24) is 35.0 Å². The number of piperidine rings is 1. The molecule has 3 N–H and O–H groups in total. The van der Waals surface area contributed by atoms with Crippen molar-refractivity contribution >= 4 is 23.1 Å². The SMILES string of the molecule is CCOc1nc(CNCC2CCN(Cc3sc(-c4ccccn4)nc3CN3CCN(C(=O)OC(C)(C)C)CC3)CC2)cc(N)c1C#N. The predicted octanol–water partition coefficient (Wildman–Crippen LogP) is 4.51. The molecule has 2 saturated heterocycles. The van der Waals surface area contributed by atoms with Gasteiger partial charge in [-0.2, -0.15) is 5.26 Å². The number of nitrogens with zero attached hydrogens (tertiary/aromatic N) is 7. The first-order valence-electron chi connectivity index (χ1n) is 16.5. The summed E-state index contributed by atoms with van der Waals surface area (Å²) in [5, 5.41) is 13.9. The Kier molecular flexibility index (Phi) is 11.6. The van der Waals surface area contributed by atoms with Gasteiger partial charge in [-0.3, -0.25) is 14.8 Å². The third kappa shape index (κ3) is 9.60. The molecule has 2 fully saturated rings. The van der Waals surface area contributed by atoms with Gasteiger partial charge in [0.15, 0.2) is 0 Å². The molecule has 47 heavy (non-hydrogen) atoms. The zero-order valence-corrected chi connectivity index (χ0v) is 28.8. The number of nitrogens with two attached hydrogens (primary N) is 1. The number of nitrogen functional groups attached to an aromatic ring is 1. The van der Waals surface area contributed by atoms with Crippen molar-refractivity contribution < 1.29 is 14.3 Å². The van der Waals surface area contributed by atoms with Crippen molar-refractivity contribution in [3.05, 3.63) is 52.3 Å². The van der Waals surface area contributed by atoms with Crippen molar-refractivity contribution in [2.75, 3.05) is 58.2 Å². The molecule has 1 amide bonds. The minimum Gasteiger partial charge on any atom is -0.477 e. The highest BCUT2D eigenvalue weighted by Gasteiger charge is 2.28. The van der Waals surface area contributed by atoms with Crippen LogP contribution in [0.25, 0.3) is 10.7 Å². The molecule has 0 unspecified atom stereocenters. The standard InChI is InChI=1S/C34H47N9O3S/c1-5-45-31-26(19-35)27(36)18-25(39-31)21-37-20-24-9-12-41(13-10-24)23-30-29(40-32(47-30)28-8-6-7-11-38-28)22-42-14-16-43(17-15-42)33(44)46-34(2,3)4/h6-8,11,18,24,37H,5,9-10,12-17,20-23H2,1-4H3,(H2,36,39). The van der Waals surface area contributed by atoms with Crippen molar-refractivity contribution in [1.29, 1.82) is 5.26 Å². The number of pyridine rings is 2. The van der Waals surface area contributed by atoms with Crippen LogP contribution in [-0.4, -0.2) is 93.8 Å². The minimum atomic E-state index is -0.496. The molecule has 3 aromatic rings. The summed E-state index contributed by atoms with van der Waals surface area (Å²) in [4.78, 5) is 34.7. The van der Waals surface area contributed by atoms with E-state index in [0.717, 1.165) is 80.7 Å². The van der Waals surface area contributed by atoms with Gasteiger partial charge in [-0.15, -0.1) is 11.3 Å². The first kappa shape index (κ1) is 34.5. The van der Waals surface area contributed by atoms with Gasteiger partial charge < -0.3 is 25.4 Å². The van der Waals surface area contributed by atoms with E-state index >= 15 is 0 Å². The summed E-state index contributed by atoms with van der Waals surface area (Å²) in [5.41, 5.74) is 9.05. The Hall–Kier alpha value is -3.83. The van der Waals surface area contributed by atoms with E-state index in [1.807, 2.05) is 52.1 Å². The fourth-order valence-electron chi connectivity index (χ4n) is 5.85. The number of aromatic nitrogens is 3. The molecule has 5 rings (SSSR count). The first-order chi connectivity index (χ1) is 22.6. The summed E-state index contributed by atoms with van der Waals surface area (Å²) >= 11 is 1.74. The lowest BCUT2D eigenvalue weighted by Gasteiger charge is -2.35. The molecule has 252 valence electrons. The number of hydrogen-bond acceptors (Lipinski definition) is 12. The van der Waals surface area contributed by atoms with Crippen LogP contribution in [0.3, 0.4) is 0 Å². The largest absolute Gasteiger partial charge is 0.477 e. The fourth-order valence-corrected chi connectivity index (χ4v) is 6.94. The Morgan fingerprint density at radius 2 is 1.85 bits per heavy atom. The van der Waals surface area contributed by atoms with E-state index in [1.165, 1.54) is 4.88 Å². The summed E-state index contributed by atoms with van der Waals surface area (Å²) < 4.78 is 11.1. The van der Waals surface area contributed by atoms with Gasteiger partial charge in [0.2, 0.25) is 5.88 Å². The normalized spacial score (nSPS) is 16.6. The number of likely N-dealkylation sites (tertiary alicyclic amines) is 1. The number of carbonyl (C=O) groups excluding carboxylic acids is 1. The van der Waals surface area contributed by atoms with Gasteiger partial charge in [-0.25, -0.2) is 14.8 Å². The topological polar surface area (TPSA) is 146 Å². The second-order valence-electron chi connectivity index (χ2n) is 13.1. The van der Waals surface area contributed by atoms with Crippen molar-refractivity contribution in [3.8, 4) is 22.7 Å². The van der Waals surface area contributed by atoms with Gasteiger partial charge >= 0.3 is 6.09 Å². The molecule has 0 saturated carbocycles. The van der Waals surface area contributed by atoms with Crippen LogP contribution in [0.15, 0.2) is 30.5 Å². The van der Waals surface area contributed by atoms with E-state index in [-0.39, 0.29) is 6.09 Å². The van der Waals surface area contributed by atoms with Crippen LogP contribution in [0.1, 0.15) is 62.4 Å². The highest BCUT2D eigenvalue weighted by molar-refractivity contribution is 7.15. The third-order valence-corrected chi connectivity index (χ3v) is 9.44. The van der Waals surface area contributed by atoms with Crippen LogP contribution in [0.4, 0.5) is 10.5 Å². The summed E-state index contributed by atoms with van der Waals surface area (Å²) in [7, 11) is 0. The van der Waals surface area contributed by atoms with E-state index in [2.05, 4.69) is 31.2 Å². The zero-order chi connectivity index (χ0) is 33.4. The maximum atomic E-state index is 12.6. The zero-order valence-electron chi connectivity index (χ0n) is 28.0. The lowest BCUT2D eigenvalue weighted by molar-refractivity contribution is 0.0138. The molecule has 5 heterocycles. The number of nitriles is 1. The Labute approximate surface area is 281 Å². The van der Waals surface area contributed by atoms with Crippen molar-refractivity contribution in [2.45, 2.75) is 65.8 Å². The molecule has 2 aliphatic heterocycles. The molecule has 0 spiro atoms. The maximum absolute atomic E-state index is 12.6. The van der Waals surface area contributed by atoms with E-state index in [1.54, 1.807) is 22.3 Å². The van der Waals surface area contributed by atoms with E-state index in [9.17, 15) is 10.1 Å². The van der Waals surface area contributed by atoms with Gasteiger partial charge in [-0.1, -0.05) is 6.07 Å². The molecular formula is C34H47N9O3S. The molecular weight excluding hydrogens is 615 g/mol. The molecule has 0 atom stereocenters. The number of carbonyl (C=O) groups is 1. The van der Waals surface area contributed by atoms with Gasteiger partial charge in [0.25, 0.3) is 0 Å². The summed E-state index contributed by atoms with van der Waals surface area (Å²) in [5.74, 6) is 0.872. The Balaban J connectivity index is 1.15. The van der Waals surface area contributed by atoms with Crippen molar-refractivity contribution in [2.24, 2.45) is 5.92 Å². The molecule has 2 aliphatic rings. The Morgan fingerprint density at radius 3 is 2.51 bits per heavy atom. The van der Waals surface area contributed by atoms with Gasteiger partial charge in [0, 0.05) is 56.9 Å². The second-order valence-corrected chi connectivity index (χ2v) is 14.2. The van der Waals surface area contributed by atoms with E-state index in [0.29, 0.717) is 49.3 Å². The van der Waals surface area contributed by atoms with Gasteiger partial charge in [-0.05, 0) is 84.3 Å². The van der Waals surface area contributed by atoms with Crippen LogP contribution in [0, 0.1) is 17.2 Å². The molecule has 12 nitrogen and oxygen atoms in total. The predicted molar refractivity (Wildman–Crippen MR) is 183 cm³/mol. The minimum absolute atomic E-state index is 0.242. The van der Waals surface area contributed by atoms with Crippen LogP contribution < -0.4 is 15.8 Å². The van der Waals surface area contributed by atoms with Crippen LogP contribution in [0.5, 0.6) is 5.88 Å². The number of piperazine rings is 1. The molecule has 3 aromatic heterocycles. The van der Waals surface area contributed by atoms with E-state index in [4.69, 9.17) is 20.2 Å². The van der Waals surface area contributed by atoms with Crippen LogP contribution in [0.2, 0.25) is 0 Å². The summed E-state index contributed by atoms with van der Waals surface area (Å²) in [6.45, 7) is 16.0. The van der Waals surface area contributed by atoms with Gasteiger partial charge in [0.05, 0.1) is 29.4 Å². The summed E-state index contributed by atoms with van der Waals surface area (Å²) in [6.07, 6.45) is 3.78. The van der Waals surface area contributed by atoms with Crippen molar-refractivity contribution in [3.63, 3.8) is 0 Å². The number of thiazole rings is 1.